The van der Waals surface area contributed by atoms with E-state index in [-0.39, 0.29) is 6.10 Å². The van der Waals surface area contributed by atoms with Crippen LogP contribution in [0.1, 0.15) is 51.9 Å². The molecule has 0 bridgehead atoms. The van der Waals surface area contributed by atoms with Crippen molar-refractivity contribution in [3.63, 3.8) is 0 Å². The number of hydrogen-bond acceptors (Lipinski definition) is 3. The van der Waals surface area contributed by atoms with E-state index in [1.54, 1.807) is 0 Å². The summed E-state index contributed by atoms with van der Waals surface area (Å²) in [5.74, 6) is 0. The molecule has 2 saturated carbocycles. The second-order valence-electron chi connectivity index (χ2n) is 6.76. The SMILES string of the molecule is CC(O)CN(C)CC1(CNC2CC2)CCCCC1. The Morgan fingerprint density at radius 3 is 2.50 bits per heavy atom. The molecule has 0 radical (unpaired) electrons. The average Bonchev–Trinajstić information content (AvgIpc) is 3.10. The highest BCUT2D eigenvalue weighted by atomic mass is 16.3. The highest BCUT2D eigenvalue weighted by Gasteiger charge is 2.35. The Bertz CT molecular complexity index is 245. The maximum absolute atomic E-state index is 9.51. The summed E-state index contributed by atoms with van der Waals surface area (Å²) in [5.41, 5.74) is 0.463. The molecule has 106 valence electrons. The molecule has 1 atom stereocenters. The first-order valence-corrected chi connectivity index (χ1v) is 7.70. The standard InChI is InChI=1S/C15H30N2O/c1-13(18)10-17(2)12-15(8-4-3-5-9-15)11-16-14-6-7-14/h13-14,16,18H,3-12H2,1-2H3. The van der Waals surface area contributed by atoms with E-state index >= 15 is 0 Å². The van der Waals surface area contributed by atoms with Crippen molar-refractivity contribution in [2.24, 2.45) is 5.41 Å². The summed E-state index contributed by atoms with van der Waals surface area (Å²) in [6.45, 7) is 5.00. The third-order valence-corrected chi connectivity index (χ3v) is 4.44. The maximum atomic E-state index is 9.51. The van der Waals surface area contributed by atoms with Gasteiger partial charge in [0.05, 0.1) is 6.10 Å². The molecule has 0 spiro atoms. The average molecular weight is 254 g/mol. The molecule has 0 aromatic carbocycles. The van der Waals surface area contributed by atoms with Gasteiger partial charge < -0.3 is 15.3 Å². The molecule has 1 unspecified atom stereocenters. The summed E-state index contributed by atoms with van der Waals surface area (Å²) in [6, 6.07) is 0.811. The van der Waals surface area contributed by atoms with Gasteiger partial charge in [-0.2, -0.15) is 0 Å². The van der Waals surface area contributed by atoms with Gasteiger partial charge in [-0.05, 0) is 45.1 Å². The summed E-state index contributed by atoms with van der Waals surface area (Å²) in [6.07, 6.45) is 9.43. The molecule has 0 amide bonds. The van der Waals surface area contributed by atoms with Crippen LogP contribution in [-0.4, -0.2) is 48.8 Å². The topological polar surface area (TPSA) is 35.5 Å². The van der Waals surface area contributed by atoms with Crippen molar-refractivity contribution >= 4 is 0 Å². The van der Waals surface area contributed by atoms with E-state index < -0.39 is 0 Å². The van der Waals surface area contributed by atoms with E-state index in [1.807, 2.05) is 6.92 Å². The maximum Gasteiger partial charge on any atom is 0.0638 e. The lowest BCUT2D eigenvalue weighted by Crippen LogP contribution is -2.46. The molecule has 2 N–H and O–H groups in total. The Morgan fingerprint density at radius 2 is 1.94 bits per heavy atom. The van der Waals surface area contributed by atoms with Crippen molar-refractivity contribution in [1.82, 2.24) is 10.2 Å². The van der Waals surface area contributed by atoms with Gasteiger partial charge in [0.15, 0.2) is 0 Å². The van der Waals surface area contributed by atoms with Crippen molar-refractivity contribution in [2.75, 3.05) is 26.7 Å². The van der Waals surface area contributed by atoms with Gasteiger partial charge in [0.25, 0.3) is 0 Å². The highest BCUT2D eigenvalue weighted by molar-refractivity contribution is 4.91. The number of hydrogen-bond donors (Lipinski definition) is 2. The van der Waals surface area contributed by atoms with Crippen molar-refractivity contribution < 1.29 is 5.11 Å². The van der Waals surface area contributed by atoms with Gasteiger partial charge in [-0.3, -0.25) is 0 Å². The smallest absolute Gasteiger partial charge is 0.0638 e. The van der Waals surface area contributed by atoms with Crippen LogP contribution in [0, 0.1) is 5.41 Å². The van der Waals surface area contributed by atoms with Crippen molar-refractivity contribution in [2.45, 2.75) is 64.0 Å². The molecule has 18 heavy (non-hydrogen) atoms. The summed E-state index contributed by atoms with van der Waals surface area (Å²) >= 11 is 0. The number of likely N-dealkylation sites (N-methyl/N-ethyl adjacent to an activating group) is 1. The highest BCUT2D eigenvalue weighted by Crippen LogP contribution is 2.37. The monoisotopic (exact) mass is 254 g/mol. The first kappa shape index (κ1) is 14.3. The van der Waals surface area contributed by atoms with Crippen LogP contribution >= 0.6 is 0 Å². The van der Waals surface area contributed by atoms with Crippen LogP contribution in [-0.2, 0) is 0 Å². The van der Waals surface area contributed by atoms with E-state index in [9.17, 15) is 5.11 Å². The minimum absolute atomic E-state index is 0.216. The lowest BCUT2D eigenvalue weighted by Gasteiger charge is -2.41. The van der Waals surface area contributed by atoms with Gasteiger partial charge in [0, 0.05) is 25.7 Å². The second kappa shape index (κ2) is 6.36. The molecule has 2 aliphatic carbocycles. The zero-order valence-electron chi connectivity index (χ0n) is 12.1. The second-order valence-corrected chi connectivity index (χ2v) is 6.76. The lowest BCUT2D eigenvalue weighted by molar-refractivity contribution is 0.0810. The van der Waals surface area contributed by atoms with E-state index in [2.05, 4.69) is 17.3 Å². The molecule has 0 aromatic rings. The Balaban J connectivity index is 1.85. The number of aliphatic hydroxyl groups is 1. The molecule has 2 rings (SSSR count). The molecule has 3 heteroatoms. The van der Waals surface area contributed by atoms with Crippen molar-refractivity contribution in [1.29, 1.82) is 0 Å². The molecule has 2 fully saturated rings. The molecule has 0 saturated heterocycles. The molecule has 0 aliphatic heterocycles. The summed E-state index contributed by atoms with van der Waals surface area (Å²) in [5, 5.41) is 13.2. The van der Waals surface area contributed by atoms with Gasteiger partial charge in [-0.25, -0.2) is 0 Å². The van der Waals surface area contributed by atoms with Crippen LogP contribution in [0.25, 0.3) is 0 Å². The number of nitrogens with one attached hydrogen (secondary N) is 1. The zero-order chi connectivity index (χ0) is 13.0. The van der Waals surface area contributed by atoms with Crippen LogP contribution in [0.5, 0.6) is 0 Å². The predicted molar refractivity (Wildman–Crippen MR) is 75.7 cm³/mol. The Kier molecular flexibility index (Phi) is 5.05. The summed E-state index contributed by atoms with van der Waals surface area (Å²) in [7, 11) is 2.15. The molecule has 0 aromatic heterocycles. The Hall–Kier alpha value is -0.120. The van der Waals surface area contributed by atoms with Crippen LogP contribution in [0.3, 0.4) is 0 Å². The summed E-state index contributed by atoms with van der Waals surface area (Å²) in [4.78, 5) is 2.32. The van der Waals surface area contributed by atoms with Crippen LogP contribution in [0.15, 0.2) is 0 Å². The van der Waals surface area contributed by atoms with E-state index in [0.29, 0.717) is 5.41 Å². The summed E-state index contributed by atoms with van der Waals surface area (Å²) < 4.78 is 0. The molecule has 0 heterocycles. The van der Waals surface area contributed by atoms with Crippen LogP contribution in [0.4, 0.5) is 0 Å². The van der Waals surface area contributed by atoms with E-state index in [0.717, 1.165) is 19.1 Å². The first-order chi connectivity index (χ1) is 8.60. The Morgan fingerprint density at radius 1 is 1.28 bits per heavy atom. The predicted octanol–water partition coefficient (Wildman–Crippen LogP) is 2.00. The number of nitrogens with zero attached hydrogens (tertiary/aromatic N) is 1. The van der Waals surface area contributed by atoms with Gasteiger partial charge >= 0.3 is 0 Å². The number of rotatable bonds is 7. The fourth-order valence-electron chi connectivity index (χ4n) is 3.43. The number of aliphatic hydroxyl groups excluding tert-OH is 1. The molecule has 2 aliphatic rings. The molecular formula is C15H30N2O. The minimum Gasteiger partial charge on any atom is -0.392 e. The largest absolute Gasteiger partial charge is 0.392 e. The molecule has 3 nitrogen and oxygen atoms in total. The van der Waals surface area contributed by atoms with E-state index in [1.165, 1.54) is 51.5 Å². The van der Waals surface area contributed by atoms with Crippen LogP contribution in [0.2, 0.25) is 0 Å². The first-order valence-electron chi connectivity index (χ1n) is 7.70. The van der Waals surface area contributed by atoms with Crippen molar-refractivity contribution in [3.05, 3.63) is 0 Å². The van der Waals surface area contributed by atoms with Gasteiger partial charge in [-0.1, -0.05) is 19.3 Å². The normalized spacial score (nSPS) is 25.3. The van der Waals surface area contributed by atoms with Crippen LogP contribution < -0.4 is 5.32 Å². The van der Waals surface area contributed by atoms with Gasteiger partial charge in [0.1, 0.15) is 0 Å². The fraction of sp³-hybridized carbons (Fsp3) is 1.00. The minimum atomic E-state index is -0.216. The van der Waals surface area contributed by atoms with Gasteiger partial charge in [-0.15, -0.1) is 0 Å². The zero-order valence-corrected chi connectivity index (χ0v) is 12.1. The quantitative estimate of drug-likeness (QED) is 0.729. The van der Waals surface area contributed by atoms with Gasteiger partial charge in [0.2, 0.25) is 0 Å². The Labute approximate surface area is 112 Å². The lowest BCUT2D eigenvalue weighted by atomic mass is 9.73. The van der Waals surface area contributed by atoms with E-state index in [4.69, 9.17) is 0 Å². The molecular weight excluding hydrogens is 224 g/mol. The third kappa shape index (κ3) is 4.52. The third-order valence-electron chi connectivity index (χ3n) is 4.44. The van der Waals surface area contributed by atoms with Crippen molar-refractivity contribution in [3.8, 4) is 0 Å². The fourth-order valence-corrected chi connectivity index (χ4v) is 3.43.